The SMILES string of the molecule is CCOCCn1c(=NC(=O)c2cc3c(ccc4ccccc43)oc2=O)sc2cc(F)ccc21. The van der Waals surface area contributed by atoms with Crippen LogP contribution in [0.15, 0.2) is 74.9 Å². The number of rotatable bonds is 5. The second kappa shape index (κ2) is 8.73. The molecular formula is C25H19FN2O4S. The van der Waals surface area contributed by atoms with Gasteiger partial charge in [0.25, 0.3) is 5.91 Å². The lowest BCUT2D eigenvalue weighted by Gasteiger charge is -2.06. The molecule has 0 unspecified atom stereocenters. The predicted octanol–water partition coefficient (Wildman–Crippen LogP) is 4.88. The molecule has 0 aliphatic heterocycles. The van der Waals surface area contributed by atoms with E-state index in [-0.39, 0.29) is 11.4 Å². The summed E-state index contributed by atoms with van der Waals surface area (Å²) in [7, 11) is 0. The number of fused-ring (bicyclic) bond motifs is 4. The number of nitrogens with zero attached hydrogens (tertiary/aromatic N) is 2. The molecule has 0 spiro atoms. The minimum Gasteiger partial charge on any atom is -0.422 e. The van der Waals surface area contributed by atoms with E-state index in [1.807, 2.05) is 37.3 Å². The molecule has 5 rings (SSSR count). The normalized spacial score (nSPS) is 12.2. The first-order valence-corrected chi connectivity index (χ1v) is 11.3. The number of thiazole rings is 1. The van der Waals surface area contributed by atoms with Gasteiger partial charge in [-0.1, -0.05) is 41.7 Å². The third-order valence-corrected chi connectivity index (χ3v) is 6.42. The largest absolute Gasteiger partial charge is 0.422 e. The van der Waals surface area contributed by atoms with Gasteiger partial charge < -0.3 is 13.7 Å². The number of hydrogen-bond donors (Lipinski definition) is 0. The number of carbonyl (C=O) groups is 1. The van der Waals surface area contributed by atoms with Crippen LogP contribution in [0.25, 0.3) is 32.0 Å². The van der Waals surface area contributed by atoms with Gasteiger partial charge in [-0.25, -0.2) is 9.18 Å². The molecule has 166 valence electrons. The number of ether oxygens (including phenoxy) is 1. The fraction of sp³-hybridized carbons (Fsp3) is 0.160. The lowest BCUT2D eigenvalue weighted by molar-refractivity contribution is 0.0993. The molecule has 2 aromatic heterocycles. The molecule has 6 nitrogen and oxygen atoms in total. The van der Waals surface area contributed by atoms with Gasteiger partial charge in [0.2, 0.25) is 0 Å². The highest BCUT2D eigenvalue weighted by molar-refractivity contribution is 7.16. The standard InChI is InChI=1S/C25H19FN2O4S/c1-2-31-12-11-28-20-9-8-16(26)13-22(20)33-25(28)27-23(29)19-14-18-17-6-4-3-5-15(17)7-10-21(18)32-24(19)30/h3-10,13-14H,2,11-12H2,1H3. The molecule has 5 aromatic rings. The van der Waals surface area contributed by atoms with Crippen LogP contribution < -0.4 is 10.4 Å². The molecule has 0 atom stereocenters. The van der Waals surface area contributed by atoms with E-state index in [0.29, 0.717) is 40.2 Å². The van der Waals surface area contributed by atoms with Gasteiger partial charge in [-0.15, -0.1) is 0 Å². The Hall–Kier alpha value is -3.62. The number of amides is 1. The van der Waals surface area contributed by atoms with Crippen LogP contribution >= 0.6 is 11.3 Å². The summed E-state index contributed by atoms with van der Waals surface area (Å²) in [6.45, 7) is 3.28. The molecule has 1 amide bonds. The summed E-state index contributed by atoms with van der Waals surface area (Å²) >= 11 is 1.18. The maximum Gasteiger partial charge on any atom is 0.349 e. The summed E-state index contributed by atoms with van der Waals surface area (Å²) in [4.78, 5) is 30.3. The van der Waals surface area contributed by atoms with Crippen molar-refractivity contribution < 1.29 is 18.3 Å². The summed E-state index contributed by atoms with van der Waals surface area (Å²) in [5.41, 5.74) is 0.238. The average Bonchev–Trinajstić information content (AvgIpc) is 3.14. The Morgan fingerprint density at radius 1 is 1.12 bits per heavy atom. The second-order valence-corrected chi connectivity index (χ2v) is 8.42. The first-order chi connectivity index (χ1) is 16.0. The summed E-state index contributed by atoms with van der Waals surface area (Å²) in [5.74, 6) is -1.09. The lowest BCUT2D eigenvalue weighted by Crippen LogP contribution is -2.21. The Labute approximate surface area is 191 Å². The van der Waals surface area contributed by atoms with Crippen LogP contribution in [0.2, 0.25) is 0 Å². The topological polar surface area (TPSA) is 73.8 Å². The Bertz CT molecular complexity index is 1650. The van der Waals surface area contributed by atoms with Crippen molar-refractivity contribution in [2.75, 3.05) is 13.2 Å². The fourth-order valence-corrected chi connectivity index (χ4v) is 4.90. The Balaban J connectivity index is 1.66. The number of carbonyl (C=O) groups excluding carboxylic acids is 1. The quantitative estimate of drug-likeness (QED) is 0.212. The molecule has 3 aromatic carbocycles. The summed E-state index contributed by atoms with van der Waals surface area (Å²) in [6.07, 6.45) is 0. The maximum absolute atomic E-state index is 13.8. The molecule has 0 radical (unpaired) electrons. The third-order valence-electron chi connectivity index (χ3n) is 5.38. The average molecular weight is 463 g/mol. The van der Waals surface area contributed by atoms with Crippen molar-refractivity contribution in [1.82, 2.24) is 4.57 Å². The van der Waals surface area contributed by atoms with Crippen molar-refractivity contribution in [2.24, 2.45) is 4.99 Å². The van der Waals surface area contributed by atoms with Gasteiger partial charge in [0.05, 0.1) is 16.8 Å². The Morgan fingerprint density at radius 3 is 2.82 bits per heavy atom. The van der Waals surface area contributed by atoms with E-state index in [1.165, 1.54) is 29.5 Å². The minimum atomic E-state index is -0.750. The first kappa shape index (κ1) is 21.2. The highest BCUT2D eigenvalue weighted by Crippen LogP contribution is 2.25. The minimum absolute atomic E-state index is 0.154. The number of benzene rings is 3. The molecule has 0 fully saturated rings. The van der Waals surface area contributed by atoms with E-state index in [0.717, 1.165) is 16.3 Å². The van der Waals surface area contributed by atoms with Gasteiger partial charge in [-0.05, 0) is 48.0 Å². The van der Waals surface area contributed by atoms with Crippen molar-refractivity contribution in [3.05, 3.63) is 87.3 Å². The summed E-state index contributed by atoms with van der Waals surface area (Å²) in [6, 6.07) is 17.2. The van der Waals surface area contributed by atoms with Crippen LogP contribution in [0.3, 0.4) is 0 Å². The number of halogens is 1. The fourth-order valence-electron chi connectivity index (χ4n) is 3.82. The Kier molecular flexibility index (Phi) is 5.62. The van der Waals surface area contributed by atoms with Crippen LogP contribution in [-0.4, -0.2) is 23.7 Å². The van der Waals surface area contributed by atoms with Crippen molar-refractivity contribution in [1.29, 1.82) is 0 Å². The van der Waals surface area contributed by atoms with E-state index in [1.54, 1.807) is 16.7 Å². The van der Waals surface area contributed by atoms with Crippen LogP contribution in [0.5, 0.6) is 0 Å². The Morgan fingerprint density at radius 2 is 1.97 bits per heavy atom. The second-order valence-electron chi connectivity index (χ2n) is 7.41. The molecule has 33 heavy (non-hydrogen) atoms. The summed E-state index contributed by atoms with van der Waals surface area (Å²) < 4.78 is 27.1. The molecule has 0 aliphatic carbocycles. The highest BCUT2D eigenvalue weighted by Gasteiger charge is 2.16. The molecule has 2 heterocycles. The lowest BCUT2D eigenvalue weighted by atomic mass is 10.0. The van der Waals surface area contributed by atoms with E-state index in [9.17, 15) is 14.0 Å². The van der Waals surface area contributed by atoms with E-state index in [4.69, 9.17) is 9.15 Å². The zero-order chi connectivity index (χ0) is 22.9. The summed E-state index contributed by atoms with van der Waals surface area (Å²) in [5, 5.41) is 2.50. The van der Waals surface area contributed by atoms with Gasteiger partial charge in [-0.3, -0.25) is 4.79 Å². The van der Waals surface area contributed by atoms with Crippen molar-refractivity contribution >= 4 is 49.2 Å². The molecular weight excluding hydrogens is 443 g/mol. The van der Waals surface area contributed by atoms with Crippen LogP contribution in [0, 0.1) is 5.82 Å². The number of aromatic nitrogens is 1. The van der Waals surface area contributed by atoms with E-state index >= 15 is 0 Å². The monoisotopic (exact) mass is 462 g/mol. The zero-order valence-electron chi connectivity index (χ0n) is 17.7. The first-order valence-electron chi connectivity index (χ1n) is 10.5. The van der Waals surface area contributed by atoms with Crippen LogP contribution in [-0.2, 0) is 11.3 Å². The molecule has 0 saturated carbocycles. The highest BCUT2D eigenvalue weighted by atomic mass is 32.1. The zero-order valence-corrected chi connectivity index (χ0v) is 18.5. The van der Waals surface area contributed by atoms with Gasteiger partial charge in [-0.2, -0.15) is 4.99 Å². The molecule has 0 bridgehead atoms. The smallest absolute Gasteiger partial charge is 0.349 e. The van der Waals surface area contributed by atoms with E-state index < -0.39 is 11.5 Å². The van der Waals surface area contributed by atoms with Crippen molar-refractivity contribution in [3.8, 4) is 0 Å². The molecule has 0 saturated heterocycles. The number of hydrogen-bond acceptors (Lipinski definition) is 5. The predicted molar refractivity (Wildman–Crippen MR) is 126 cm³/mol. The molecule has 0 N–H and O–H groups in total. The maximum atomic E-state index is 13.8. The molecule has 8 heteroatoms. The van der Waals surface area contributed by atoms with Gasteiger partial charge in [0.15, 0.2) is 4.80 Å². The van der Waals surface area contributed by atoms with Crippen LogP contribution in [0.4, 0.5) is 4.39 Å². The van der Waals surface area contributed by atoms with Crippen molar-refractivity contribution in [2.45, 2.75) is 13.5 Å². The van der Waals surface area contributed by atoms with Crippen molar-refractivity contribution in [3.63, 3.8) is 0 Å². The van der Waals surface area contributed by atoms with E-state index in [2.05, 4.69) is 4.99 Å². The molecule has 0 aliphatic rings. The van der Waals surface area contributed by atoms with Gasteiger partial charge in [0.1, 0.15) is 17.0 Å². The van der Waals surface area contributed by atoms with Gasteiger partial charge in [0, 0.05) is 18.5 Å². The van der Waals surface area contributed by atoms with Crippen LogP contribution in [0.1, 0.15) is 17.3 Å². The third kappa shape index (κ3) is 3.99. The van der Waals surface area contributed by atoms with Gasteiger partial charge >= 0.3 is 5.63 Å².